The smallest absolute Gasteiger partial charge is 0.507 e. The van der Waals surface area contributed by atoms with Gasteiger partial charge in [0.1, 0.15) is 17.3 Å². The van der Waals surface area contributed by atoms with Crippen LogP contribution in [0.4, 0.5) is 18.9 Å². The average molecular weight is 548 g/mol. The van der Waals surface area contributed by atoms with E-state index in [1.807, 2.05) is 0 Å². The molecule has 0 aliphatic carbocycles. The fourth-order valence-electron chi connectivity index (χ4n) is 3.82. The SMILES string of the molecule is COc1cccc(C2/C(=C(\O)c3ccc(Br)cc3)C(=O)C(=O)N2c2cccc(OC(F)(F)F)c2)c1. The van der Waals surface area contributed by atoms with Crippen LogP contribution in [0, 0.1) is 0 Å². The zero-order chi connectivity index (χ0) is 25.3. The number of carbonyl (C=O) groups is 2. The van der Waals surface area contributed by atoms with Gasteiger partial charge in [0.15, 0.2) is 0 Å². The van der Waals surface area contributed by atoms with E-state index in [0.717, 1.165) is 21.5 Å². The lowest BCUT2D eigenvalue weighted by Crippen LogP contribution is -2.29. The molecule has 180 valence electrons. The number of rotatable bonds is 5. The second-order valence-corrected chi connectivity index (χ2v) is 8.41. The van der Waals surface area contributed by atoms with Crippen LogP contribution in [0.1, 0.15) is 17.2 Å². The van der Waals surface area contributed by atoms with Crippen LogP contribution in [0.5, 0.6) is 11.5 Å². The van der Waals surface area contributed by atoms with Gasteiger partial charge in [-0.15, -0.1) is 13.2 Å². The number of aliphatic hydroxyl groups is 1. The van der Waals surface area contributed by atoms with Crippen LogP contribution in [0.3, 0.4) is 0 Å². The minimum absolute atomic E-state index is 0.0171. The first-order chi connectivity index (χ1) is 16.6. The topological polar surface area (TPSA) is 76.1 Å². The highest BCUT2D eigenvalue weighted by molar-refractivity contribution is 9.10. The number of Topliss-reactive ketones (excluding diaryl/α,β-unsaturated/α-hetero) is 1. The third-order valence-electron chi connectivity index (χ3n) is 5.30. The molecule has 1 saturated heterocycles. The number of amides is 1. The molecule has 1 atom stereocenters. The number of halogens is 4. The third kappa shape index (κ3) is 5.02. The van der Waals surface area contributed by atoms with E-state index in [1.165, 1.54) is 19.2 Å². The highest BCUT2D eigenvalue weighted by atomic mass is 79.9. The van der Waals surface area contributed by atoms with Crippen molar-refractivity contribution < 1.29 is 37.3 Å². The van der Waals surface area contributed by atoms with Crippen molar-refractivity contribution in [3.63, 3.8) is 0 Å². The van der Waals surface area contributed by atoms with Gasteiger partial charge in [-0.25, -0.2) is 0 Å². The number of methoxy groups -OCH3 is 1. The molecule has 1 aliphatic rings. The summed E-state index contributed by atoms with van der Waals surface area (Å²) < 4.78 is 48.3. The number of alkyl halides is 3. The van der Waals surface area contributed by atoms with Crippen LogP contribution in [0.25, 0.3) is 5.76 Å². The van der Waals surface area contributed by atoms with Gasteiger partial charge in [0.05, 0.1) is 18.7 Å². The number of benzene rings is 3. The molecule has 1 amide bonds. The zero-order valence-corrected chi connectivity index (χ0v) is 19.6. The van der Waals surface area contributed by atoms with Gasteiger partial charge in [-0.2, -0.15) is 0 Å². The summed E-state index contributed by atoms with van der Waals surface area (Å²) >= 11 is 3.30. The van der Waals surface area contributed by atoms with Gasteiger partial charge in [0.25, 0.3) is 11.7 Å². The molecule has 1 unspecified atom stereocenters. The first kappa shape index (κ1) is 24.3. The number of ether oxygens (including phenoxy) is 2. The molecule has 0 bridgehead atoms. The molecule has 1 fully saturated rings. The minimum Gasteiger partial charge on any atom is -0.507 e. The maximum absolute atomic E-state index is 13.2. The Kier molecular flexibility index (Phi) is 6.58. The highest BCUT2D eigenvalue weighted by Crippen LogP contribution is 2.43. The lowest BCUT2D eigenvalue weighted by Gasteiger charge is -2.26. The van der Waals surface area contributed by atoms with Gasteiger partial charge in [0.2, 0.25) is 0 Å². The summed E-state index contributed by atoms with van der Waals surface area (Å²) in [5.74, 6) is -2.56. The summed E-state index contributed by atoms with van der Waals surface area (Å²) in [5, 5.41) is 11.1. The Bertz CT molecular complexity index is 1320. The molecule has 0 saturated carbocycles. The number of hydrogen-bond donors (Lipinski definition) is 1. The molecule has 1 N–H and O–H groups in total. The number of carbonyl (C=O) groups excluding carboxylic acids is 2. The largest absolute Gasteiger partial charge is 0.573 e. The van der Waals surface area contributed by atoms with Gasteiger partial charge in [-0.05, 0) is 42.0 Å². The summed E-state index contributed by atoms with van der Waals surface area (Å²) in [6, 6.07) is 16.5. The summed E-state index contributed by atoms with van der Waals surface area (Å²) in [6.07, 6.45) is -4.94. The lowest BCUT2D eigenvalue weighted by atomic mass is 9.95. The fourth-order valence-corrected chi connectivity index (χ4v) is 4.08. The zero-order valence-electron chi connectivity index (χ0n) is 18.0. The van der Waals surface area contributed by atoms with E-state index < -0.39 is 35.6 Å². The molecule has 1 aliphatic heterocycles. The Morgan fingerprint density at radius 2 is 1.63 bits per heavy atom. The quantitative estimate of drug-likeness (QED) is 0.241. The lowest BCUT2D eigenvalue weighted by molar-refractivity contribution is -0.274. The molecule has 35 heavy (non-hydrogen) atoms. The maximum Gasteiger partial charge on any atom is 0.573 e. The highest BCUT2D eigenvalue weighted by Gasteiger charge is 2.47. The van der Waals surface area contributed by atoms with Crippen molar-refractivity contribution in [3.8, 4) is 11.5 Å². The molecule has 1 heterocycles. The van der Waals surface area contributed by atoms with Gasteiger partial charge < -0.3 is 14.6 Å². The monoisotopic (exact) mass is 547 g/mol. The number of ketones is 1. The van der Waals surface area contributed by atoms with E-state index in [2.05, 4.69) is 20.7 Å². The molecular weight excluding hydrogens is 531 g/mol. The van der Waals surface area contributed by atoms with E-state index >= 15 is 0 Å². The molecule has 10 heteroatoms. The van der Waals surface area contributed by atoms with Gasteiger partial charge in [-0.1, -0.05) is 46.3 Å². The molecule has 6 nitrogen and oxygen atoms in total. The van der Waals surface area contributed by atoms with Crippen molar-refractivity contribution in [2.75, 3.05) is 12.0 Å². The second-order valence-electron chi connectivity index (χ2n) is 7.50. The van der Waals surface area contributed by atoms with Crippen LogP contribution < -0.4 is 14.4 Å². The van der Waals surface area contributed by atoms with Gasteiger partial charge in [0, 0.05) is 21.8 Å². The number of aliphatic hydroxyl groups excluding tert-OH is 1. The Balaban J connectivity index is 1.91. The van der Waals surface area contributed by atoms with Crippen molar-refractivity contribution in [3.05, 3.63) is 94.0 Å². The van der Waals surface area contributed by atoms with Gasteiger partial charge in [-0.3, -0.25) is 14.5 Å². The molecule has 0 radical (unpaired) electrons. The molecule has 0 aromatic heterocycles. The van der Waals surface area contributed by atoms with Crippen LogP contribution in [-0.2, 0) is 9.59 Å². The standard InChI is InChI=1S/C25H17BrF3NO5/c1-34-18-6-2-4-15(12-18)21-20(22(31)14-8-10-16(26)11-9-14)23(32)24(33)30(21)17-5-3-7-19(13-17)35-25(27,28)29/h2-13,21,31H,1H3/b22-20+. The predicted molar refractivity (Wildman–Crippen MR) is 125 cm³/mol. The number of anilines is 1. The predicted octanol–water partition coefficient (Wildman–Crippen LogP) is 5.98. The first-order valence-corrected chi connectivity index (χ1v) is 10.9. The van der Waals surface area contributed by atoms with E-state index in [0.29, 0.717) is 11.3 Å². The van der Waals surface area contributed by atoms with Crippen molar-refractivity contribution in [1.82, 2.24) is 0 Å². The van der Waals surface area contributed by atoms with E-state index in [-0.39, 0.29) is 16.8 Å². The fraction of sp³-hybridized carbons (Fsp3) is 0.120. The van der Waals surface area contributed by atoms with Crippen molar-refractivity contribution in [1.29, 1.82) is 0 Å². The molecule has 4 rings (SSSR count). The van der Waals surface area contributed by atoms with Crippen LogP contribution in [0.15, 0.2) is 82.8 Å². The summed E-state index contributed by atoms with van der Waals surface area (Å²) in [6.45, 7) is 0. The van der Waals surface area contributed by atoms with Crippen molar-refractivity contribution in [2.24, 2.45) is 0 Å². The second kappa shape index (κ2) is 9.46. The minimum atomic E-state index is -4.94. The normalized spacial score (nSPS) is 17.5. The Hall–Kier alpha value is -3.79. The Morgan fingerprint density at radius 1 is 0.971 bits per heavy atom. The Morgan fingerprint density at radius 3 is 2.29 bits per heavy atom. The average Bonchev–Trinajstić information content (AvgIpc) is 3.08. The number of hydrogen-bond acceptors (Lipinski definition) is 5. The Labute approximate surface area is 206 Å². The molecule has 3 aromatic carbocycles. The first-order valence-electron chi connectivity index (χ1n) is 10.2. The maximum atomic E-state index is 13.2. The summed E-state index contributed by atoms with van der Waals surface area (Å²) in [5.41, 5.74) is 0.460. The number of nitrogens with zero attached hydrogens (tertiary/aromatic N) is 1. The van der Waals surface area contributed by atoms with Crippen LogP contribution in [-0.4, -0.2) is 30.3 Å². The molecular formula is C25H17BrF3NO5. The third-order valence-corrected chi connectivity index (χ3v) is 5.83. The van der Waals surface area contributed by atoms with Crippen LogP contribution >= 0.6 is 15.9 Å². The van der Waals surface area contributed by atoms with Crippen molar-refractivity contribution >= 4 is 39.1 Å². The van der Waals surface area contributed by atoms with E-state index in [4.69, 9.17) is 4.74 Å². The van der Waals surface area contributed by atoms with E-state index in [9.17, 15) is 27.9 Å². The van der Waals surface area contributed by atoms with E-state index in [1.54, 1.807) is 48.5 Å². The van der Waals surface area contributed by atoms with Crippen molar-refractivity contribution in [2.45, 2.75) is 12.4 Å². The van der Waals surface area contributed by atoms with Crippen LogP contribution in [0.2, 0.25) is 0 Å². The van der Waals surface area contributed by atoms with Gasteiger partial charge >= 0.3 is 6.36 Å². The summed E-state index contributed by atoms with van der Waals surface area (Å²) in [7, 11) is 1.44. The molecule has 0 spiro atoms. The summed E-state index contributed by atoms with van der Waals surface area (Å²) in [4.78, 5) is 27.4. The molecule has 3 aromatic rings.